The fourth-order valence-corrected chi connectivity index (χ4v) is 1.46. The van der Waals surface area contributed by atoms with E-state index in [1.165, 1.54) is 0 Å². The highest BCUT2D eigenvalue weighted by molar-refractivity contribution is 4.98. The van der Waals surface area contributed by atoms with Gasteiger partial charge in [-0.2, -0.15) is 4.98 Å². The molecule has 2 atom stereocenters. The van der Waals surface area contributed by atoms with E-state index < -0.39 is 0 Å². The summed E-state index contributed by atoms with van der Waals surface area (Å²) in [5, 5.41) is 3.87. The molecule has 2 N–H and O–H groups in total. The fourth-order valence-electron chi connectivity index (χ4n) is 1.46. The van der Waals surface area contributed by atoms with Gasteiger partial charge >= 0.3 is 0 Å². The van der Waals surface area contributed by atoms with Crippen molar-refractivity contribution >= 4 is 0 Å². The van der Waals surface area contributed by atoms with Crippen LogP contribution in [0.3, 0.4) is 0 Å². The van der Waals surface area contributed by atoms with E-state index in [1.54, 1.807) is 0 Å². The maximum absolute atomic E-state index is 5.84. The molecule has 1 fully saturated rings. The lowest BCUT2D eigenvalue weighted by atomic mass is 10.1. The smallest absolute Gasteiger partial charge is 0.257 e. The summed E-state index contributed by atoms with van der Waals surface area (Å²) in [6.45, 7) is 4.71. The van der Waals surface area contributed by atoms with Gasteiger partial charge in [0, 0.05) is 18.6 Å². The van der Waals surface area contributed by atoms with Crippen molar-refractivity contribution in [1.82, 2.24) is 10.1 Å². The summed E-state index contributed by atoms with van der Waals surface area (Å²) >= 11 is 0. The van der Waals surface area contributed by atoms with Gasteiger partial charge in [0.2, 0.25) is 0 Å². The first kappa shape index (κ1) is 9.61. The average molecular weight is 197 g/mol. The van der Waals surface area contributed by atoms with E-state index in [0.29, 0.717) is 18.3 Å². The van der Waals surface area contributed by atoms with Crippen LogP contribution in [0.25, 0.3) is 0 Å². The molecule has 2 rings (SSSR count). The monoisotopic (exact) mass is 197 g/mol. The van der Waals surface area contributed by atoms with Crippen LogP contribution in [0, 0.1) is 0 Å². The molecule has 0 bridgehead atoms. The topological polar surface area (TPSA) is 74.2 Å². The Morgan fingerprint density at radius 2 is 2.29 bits per heavy atom. The van der Waals surface area contributed by atoms with Crippen molar-refractivity contribution in [1.29, 1.82) is 0 Å². The molecule has 0 saturated carbocycles. The van der Waals surface area contributed by atoms with Crippen molar-refractivity contribution in [2.24, 2.45) is 5.73 Å². The van der Waals surface area contributed by atoms with Gasteiger partial charge in [0.15, 0.2) is 11.9 Å². The quantitative estimate of drug-likeness (QED) is 0.765. The number of aromatic nitrogens is 2. The first-order valence-electron chi connectivity index (χ1n) is 4.89. The number of ether oxygens (including phenoxy) is 1. The molecule has 5 nitrogen and oxygen atoms in total. The molecule has 78 valence electrons. The van der Waals surface area contributed by atoms with Gasteiger partial charge < -0.3 is 15.0 Å². The molecule has 0 amide bonds. The highest BCUT2D eigenvalue weighted by Gasteiger charge is 2.31. The molecule has 2 heterocycles. The number of rotatable bonds is 2. The Morgan fingerprint density at radius 1 is 1.50 bits per heavy atom. The first-order valence-corrected chi connectivity index (χ1v) is 4.89. The second-order valence-corrected chi connectivity index (χ2v) is 3.89. The zero-order valence-electron chi connectivity index (χ0n) is 8.43. The van der Waals surface area contributed by atoms with Gasteiger partial charge in [-0.1, -0.05) is 19.0 Å². The van der Waals surface area contributed by atoms with Crippen molar-refractivity contribution in [3.05, 3.63) is 11.7 Å². The zero-order valence-corrected chi connectivity index (χ0v) is 8.43. The van der Waals surface area contributed by atoms with Crippen molar-refractivity contribution < 1.29 is 9.26 Å². The molecule has 1 aliphatic heterocycles. The maximum atomic E-state index is 5.84. The molecule has 0 aliphatic carbocycles. The van der Waals surface area contributed by atoms with Crippen LogP contribution in [0.2, 0.25) is 0 Å². The van der Waals surface area contributed by atoms with Gasteiger partial charge in [0.05, 0.1) is 0 Å². The molecule has 5 heteroatoms. The Kier molecular flexibility index (Phi) is 2.52. The molecule has 1 aromatic heterocycles. The SMILES string of the molecule is CC(C)c1noc([C@H]2OCC[C@@H]2N)n1. The largest absolute Gasteiger partial charge is 0.367 e. The third-order valence-corrected chi connectivity index (χ3v) is 2.35. The van der Waals surface area contributed by atoms with Gasteiger partial charge in [-0.3, -0.25) is 0 Å². The predicted octanol–water partition coefficient (Wildman–Crippen LogP) is 0.982. The van der Waals surface area contributed by atoms with Gasteiger partial charge in [-0.25, -0.2) is 0 Å². The zero-order chi connectivity index (χ0) is 10.1. The van der Waals surface area contributed by atoms with Crippen LogP contribution in [0.5, 0.6) is 0 Å². The summed E-state index contributed by atoms with van der Waals surface area (Å²) in [6, 6.07) is -0.0181. The lowest BCUT2D eigenvalue weighted by molar-refractivity contribution is 0.0767. The minimum Gasteiger partial charge on any atom is -0.367 e. The fraction of sp³-hybridized carbons (Fsp3) is 0.778. The van der Waals surface area contributed by atoms with Gasteiger partial charge in [0.25, 0.3) is 5.89 Å². The Hall–Kier alpha value is -0.940. The van der Waals surface area contributed by atoms with E-state index in [0.717, 1.165) is 6.42 Å². The highest BCUT2D eigenvalue weighted by Crippen LogP contribution is 2.27. The van der Waals surface area contributed by atoms with Crippen LogP contribution in [-0.2, 0) is 4.74 Å². The summed E-state index contributed by atoms with van der Waals surface area (Å²) in [6.07, 6.45) is 0.638. The summed E-state index contributed by atoms with van der Waals surface area (Å²) in [5.74, 6) is 1.49. The number of hydrogen-bond donors (Lipinski definition) is 1. The molecular formula is C9H15N3O2. The standard InChI is InChI=1S/C9H15N3O2/c1-5(2)8-11-9(14-12-8)7-6(10)3-4-13-7/h5-7H,3-4,10H2,1-2H3/t6-,7-/m0/s1. The molecule has 1 saturated heterocycles. The van der Waals surface area contributed by atoms with Crippen LogP contribution in [0.15, 0.2) is 4.52 Å². The summed E-state index contributed by atoms with van der Waals surface area (Å²) < 4.78 is 10.5. The van der Waals surface area contributed by atoms with Crippen LogP contribution < -0.4 is 5.73 Å². The van der Waals surface area contributed by atoms with Gasteiger partial charge in [-0.15, -0.1) is 0 Å². The van der Waals surface area contributed by atoms with Crippen LogP contribution in [0.1, 0.15) is 44.0 Å². The van der Waals surface area contributed by atoms with E-state index >= 15 is 0 Å². The molecule has 0 aromatic carbocycles. The lowest BCUT2D eigenvalue weighted by Crippen LogP contribution is -2.23. The molecule has 14 heavy (non-hydrogen) atoms. The van der Waals surface area contributed by atoms with E-state index in [9.17, 15) is 0 Å². The molecule has 0 unspecified atom stereocenters. The van der Waals surface area contributed by atoms with Crippen LogP contribution >= 0.6 is 0 Å². The molecular weight excluding hydrogens is 182 g/mol. The third kappa shape index (κ3) is 1.65. The van der Waals surface area contributed by atoms with Gasteiger partial charge in [-0.05, 0) is 6.42 Å². The first-order chi connectivity index (χ1) is 6.68. The molecule has 0 radical (unpaired) electrons. The minimum absolute atomic E-state index is 0.0181. The van der Waals surface area contributed by atoms with Crippen molar-refractivity contribution in [3.8, 4) is 0 Å². The second-order valence-electron chi connectivity index (χ2n) is 3.89. The van der Waals surface area contributed by atoms with Crippen LogP contribution in [-0.4, -0.2) is 22.8 Å². The van der Waals surface area contributed by atoms with E-state index in [-0.39, 0.29) is 18.1 Å². The highest BCUT2D eigenvalue weighted by atomic mass is 16.5. The third-order valence-electron chi connectivity index (χ3n) is 2.35. The lowest BCUT2D eigenvalue weighted by Gasteiger charge is -2.08. The molecule has 0 spiro atoms. The maximum Gasteiger partial charge on any atom is 0.257 e. The Bertz CT molecular complexity index is 311. The Labute approximate surface area is 82.6 Å². The summed E-state index contributed by atoms with van der Waals surface area (Å²) in [4.78, 5) is 4.26. The normalized spacial score (nSPS) is 27.4. The number of hydrogen-bond acceptors (Lipinski definition) is 5. The van der Waals surface area contributed by atoms with E-state index in [1.807, 2.05) is 13.8 Å². The average Bonchev–Trinajstić information content (AvgIpc) is 2.71. The predicted molar refractivity (Wildman–Crippen MR) is 49.7 cm³/mol. The Morgan fingerprint density at radius 3 is 2.79 bits per heavy atom. The summed E-state index contributed by atoms with van der Waals surface area (Å²) in [7, 11) is 0. The number of nitrogens with two attached hydrogens (primary N) is 1. The molecule has 1 aromatic rings. The Balaban J connectivity index is 2.16. The van der Waals surface area contributed by atoms with E-state index in [4.69, 9.17) is 15.0 Å². The van der Waals surface area contributed by atoms with E-state index in [2.05, 4.69) is 10.1 Å². The van der Waals surface area contributed by atoms with Crippen molar-refractivity contribution in [2.45, 2.75) is 38.3 Å². The number of nitrogens with zero attached hydrogens (tertiary/aromatic N) is 2. The summed E-state index contributed by atoms with van der Waals surface area (Å²) in [5.41, 5.74) is 5.84. The minimum atomic E-state index is -0.213. The van der Waals surface area contributed by atoms with Crippen molar-refractivity contribution in [2.75, 3.05) is 6.61 Å². The molecule has 1 aliphatic rings. The van der Waals surface area contributed by atoms with Gasteiger partial charge in [0.1, 0.15) is 0 Å². The second kappa shape index (κ2) is 3.67. The van der Waals surface area contributed by atoms with Crippen molar-refractivity contribution in [3.63, 3.8) is 0 Å². The van der Waals surface area contributed by atoms with Crippen LogP contribution in [0.4, 0.5) is 0 Å².